The molecule has 0 atom stereocenters. The number of nitrogens with zero attached hydrogens (tertiary/aromatic N) is 2. The average molecular weight is 273 g/mol. The summed E-state index contributed by atoms with van der Waals surface area (Å²) in [6.07, 6.45) is 3.10. The number of hydrogen-bond acceptors (Lipinski definition) is 3. The van der Waals surface area contributed by atoms with Gasteiger partial charge in [0.1, 0.15) is 5.75 Å². The predicted molar refractivity (Wildman–Crippen MR) is 80.7 cm³/mol. The lowest BCUT2D eigenvalue weighted by Crippen LogP contribution is -2.12. The van der Waals surface area contributed by atoms with E-state index in [1.807, 2.05) is 30.8 Å². The molecule has 1 aromatic carbocycles. The molecule has 0 aliphatic rings. The third kappa shape index (κ3) is 4.10. The molecule has 4 nitrogen and oxygen atoms in total. The molecular formula is C16H23N3O. The minimum absolute atomic E-state index is 0.776. The van der Waals surface area contributed by atoms with Crippen molar-refractivity contribution in [3.63, 3.8) is 0 Å². The molecule has 0 amide bonds. The zero-order valence-corrected chi connectivity index (χ0v) is 12.5. The fraction of sp³-hybridized carbons (Fsp3) is 0.438. The van der Waals surface area contributed by atoms with E-state index in [1.165, 1.54) is 11.1 Å². The van der Waals surface area contributed by atoms with Crippen LogP contribution in [0.1, 0.15) is 30.2 Å². The van der Waals surface area contributed by atoms with Gasteiger partial charge in [0.15, 0.2) is 0 Å². The third-order valence-corrected chi connectivity index (χ3v) is 3.16. The first-order valence-corrected chi connectivity index (χ1v) is 7.10. The van der Waals surface area contributed by atoms with Gasteiger partial charge in [0.2, 0.25) is 0 Å². The van der Waals surface area contributed by atoms with Crippen molar-refractivity contribution in [2.75, 3.05) is 6.61 Å². The molecule has 2 rings (SSSR count). The van der Waals surface area contributed by atoms with E-state index in [4.69, 9.17) is 4.74 Å². The van der Waals surface area contributed by atoms with Gasteiger partial charge in [0.25, 0.3) is 0 Å². The number of hydrogen-bond donors (Lipinski definition) is 1. The molecule has 2 aromatic rings. The van der Waals surface area contributed by atoms with E-state index in [2.05, 4.69) is 35.7 Å². The fourth-order valence-electron chi connectivity index (χ4n) is 2.09. The highest BCUT2D eigenvalue weighted by Gasteiger charge is 2.02. The lowest BCUT2D eigenvalue weighted by Gasteiger charge is -2.07. The van der Waals surface area contributed by atoms with Crippen molar-refractivity contribution in [1.82, 2.24) is 15.1 Å². The molecule has 0 aliphatic carbocycles. The lowest BCUT2D eigenvalue weighted by atomic mass is 10.2. The lowest BCUT2D eigenvalue weighted by molar-refractivity contribution is 0.317. The molecule has 0 fully saturated rings. The minimum atomic E-state index is 0.776. The monoisotopic (exact) mass is 273 g/mol. The quantitative estimate of drug-likeness (QED) is 0.843. The maximum atomic E-state index is 5.57. The number of ether oxygens (including phenoxy) is 1. The van der Waals surface area contributed by atoms with Crippen molar-refractivity contribution in [2.45, 2.75) is 33.4 Å². The van der Waals surface area contributed by atoms with E-state index in [0.29, 0.717) is 0 Å². The molecule has 0 saturated heterocycles. The Morgan fingerprint density at radius 1 is 1.20 bits per heavy atom. The van der Waals surface area contributed by atoms with Crippen molar-refractivity contribution in [2.24, 2.45) is 7.05 Å². The topological polar surface area (TPSA) is 39.1 Å². The maximum Gasteiger partial charge on any atom is 0.119 e. The molecule has 0 unspecified atom stereocenters. The highest BCUT2D eigenvalue weighted by atomic mass is 16.5. The standard InChI is InChI=1S/C16H23N3O/c1-4-9-20-16-7-5-14(6-8-16)10-17-11-15-12-19(3)18-13(15)2/h5-8,12,17H,4,9-11H2,1-3H3. The molecule has 108 valence electrons. The molecule has 0 radical (unpaired) electrons. The second kappa shape index (κ2) is 7.10. The molecule has 1 heterocycles. The predicted octanol–water partition coefficient (Wildman–Crippen LogP) is 2.81. The van der Waals surface area contributed by atoms with Gasteiger partial charge < -0.3 is 10.1 Å². The molecule has 20 heavy (non-hydrogen) atoms. The van der Waals surface area contributed by atoms with Gasteiger partial charge in [-0.25, -0.2) is 0 Å². The minimum Gasteiger partial charge on any atom is -0.494 e. The first-order valence-electron chi connectivity index (χ1n) is 7.10. The summed E-state index contributed by atoms with van der Waals surface area (Å²) < 4.78 is 7.42. The van der Waals surface area contributed by atoms with Crippen molar-refractivity contribution in [3.8, 4) is 5.75 Å². The Morgan fingerprint density at radius 3 is 2.55 bits per heavy atom. The summed E-state index contributed by atoms with van der Waals surface area (Å²) in [6, 6.07) is 8.27. The Kier molecular flexibility index (Phi) is 5.18. The molecule has 1 N–H and O–H groups in total. The second-order valence-electron chi connectivity index (χ2n) is 5.01. The molecule has 4 heteroatoms. The molecule has 1 aromatic heterocycles. The number of rotatable bonds is 7. The first kappa shape index (κ1) is 14.6. The zero-order chi connectivity index (χ0) is 14.4. The Morgan fingerprint density at radius 2 is 1.95 bits per heavy atom. The molecule has 0 saturated carbocycles. The van der Waals surface area contributed by atoms with Gasteiger partial charge in [-0.3, -0.25) is 4.68 Å². The number of aromatic nitrogens is 2. The Bertz CT molecular complexity index is 531. The number of benzene rings is 1. The molecule has 0 spiro atoms. The summed E-state index contributed by atoms with van der Waals surface area (Å²) in [7, 11) is 1.95. The Hall–Kier alpha value is -1.81. The average Bonchev–Trinajstić information content (AvgIpc) is 2.76. The van der Waals surface area contributed by atoms with E-state index >= 15 is 0 Å². The highest BCUT2D eigenvalue weighted by molar-refractivity contribution is 5.27. The highest BCUT2D eigenvalue weighted by Crippen LogP contribution is 2.12. The largest absolute Gasteiger partial charge is 0.494 e. The van der Waals surface area contributed by atoms with Crippen LogP contribution >= 0.6 is 0 Å². The summed E-state index contributed by atoms with van der Waals surface area (Å²) in [6.45, 7) is 6.61. The van der Waals surface area contributed by atoms with Crippen molar-refractivity contribution in [1.29, 1.82) is 0 Å². The van der Waals surface area contributed by atoms with E-state index in [0.717, 1.165) is 37.6 Å². The molecule has 0 aliphatic heterocycles. The summed E-state index contributed by atoms with van der Waals surface area (Å²) >= 11 is 0. The van der Waals surface area contributed by atoms with Gasteiger partial charge >= 0.3 is 0 Å². The number of nitrogens with one attached hydrogen (secondary N) is 1. The van der Waals surface area contributed by atoms with Gasteiger partial charge in [-0.1, -0.05) is 19.1 Å². The van der Waals surface area contributed by atoms with Gasteiger partial charge in [-0.05, 0) is 31.0 Å². The van der Waals surface area contributed by atoms with Crippen LogP contribution < -0.4 is 10.1 Å². The van der Waals surface area contributed by atoms with Gasteiger partial charge in [0.05, 0.1) is 12.3 Å². The Labute approximate surface area is 120 Å². The van der Waals surface area contributed by atoms with Crippen LogP contribution in [0.25, 0.3) is 0 Å². The van der Waals surface area contributed by atoms with Gasteiger partial charge in [0, 0.05) is 31.9 Å². The van der Waals surface area contributed by atoms with Crippen LogP contribution in [0.3, 0.4) is 0 Å². The zero-order valence-electron chi connectivity index (χ0n) is 12.5. The van der Waals surface area contributed by atoms with E-state index in [9.17, 15) is 0 Å². The summed E-state index contributed by atoms with van der Waals surface area (Å²) in [4.78, 5) is 0. The van der Waals surface area contributed by atoms with Crippen molar-refractivity contribution < 1.29 is 4.74 Å². The number of aryl methyl sites for hydroxylation is 2. The van der Waals surface area contributed by atoms with Crippen LogP contribution in [0.2, 0.25) is 0 Å². The van der Waals surface area contributed by atoms with Crippen molar-refractivity contribution in [3.05, 3.63) is 47.3 Å². The van der Waals surface area contributed by atoms with Crippen LogP contribution in [0.5, 0.6) is 5.75 Å². The fourth-order valence-corrected chi connectivity index (χ4v) is 2.09. The van der Waals surface area contributed by atoms with E-state index in [1.54, 1.807) is 0 Å². The summed E-state index contributed by atoms with van der Waals surface area (Å²) in [5.41, 5.74) is 3.59. The third-order valence-electron chi connectivity index (χ3n) is 3.16. The molecular weight excluding hydrogens is 250 g/mol. The van der Waals surface area contributed by atoms with Crippen LogP contribution in [-0.2, 0) is 20.1 Å². The van der Waals surface area contributed by atoms with Gasteiger partial charge in [-0.2, -0.15) is 5.10 Å². The van der Waals surface area contributed by atoms with Crippen LogP contribution in [0.4, 0.5) is 0 Å². The van der Waals surface area contributed by atoms with Crippen LogP contribution in [0.15, 0.2) is 30.5 Å². The van der Waals surface area contributed by atoms with Crippen LogP contribution in [0, 0.1) is 6.92 Å². The SMILES string of the molecule is CCCOc1ccc(CNCc2cn(C)nc2C)cc1. The molecule has 0 bridgehead atoms. The summed E-state index contributed by atoms with van der Waals surface area (Å²) in [5, 5.41) is 7.78. The maximum absolute atomic E-state index is 5.57. The van der Waals surface area contributed by atoms with E-state index < -0.39 is 0 Å². The van der Waals surface area contributed by atoms with E-state index in [-0.39, 0.29) is 0 Å². The smallest absolute Gasteiger partial charge is 0.119 e. The van der Waals surface area contributed by atoms with Crippen LogP contribution in [-0.4, -0.2) is 16.4 Å². The normalized spacial score (nSPS) is 10.8. The summed E-state index contributed by atoms with van der Waals surface area (Å²) in [5.74, 6) is 0.943. The first-order chi connectivity index (χ1) is 9.69. The second-order valence-corrected chi connectivity index (χ2v) is 5.01. The van der Waals surface area contributed by atoms with Gasteiger partial charge in [-0.15, -0.1) is 0 Å². The Balaban J connectivity index is 1.80. The van der Waals surface area contributed by atoms with Crippen molar-refractivity contribution >= 4 is 0 Å².